The van der Waals surface area contributed by atoms with Gasteiger partial charge >= 0.3 is 0 Å². The van der Waals surface area contributed by atoms with Gasteiger partial charge in [-0.25, -0.2) is 0 Å². The molecule has 0 radical (unpaired) electrons. The zero-order chi connectivity index (χ0) is 12.0. The number of ether oxygens (including phenoxy) is 2. The van der Waals surface area contributed by atoms with E-state index >= 15 is 0 Å². The van der Waals surface area contributed by atoms with E-state index in [2.05, 4.69) is 6.92 Å². The van der Waals surface area contributed by atoms with Gasteiger partial charge in [-0.05, 0) is 31.0 Å². The summed E-state index contributed by atoms with van der Waals surface area (Å²) in [7, 11) is 1.61. The molecule has 3 heteroatoms. The van der Waals surface area contributed by atoms with Crippen LogP contribution in [0, 0.1) is 0 Å². The highest BCUT2D eigenvalue weighted by atomic mass is 16.5. The van der Waals surface area contributed by atoms with Crippen LogP contribution in [0.1, 0.15) is 38.4 Å². The Morgan fingerprint density at radius 2 is 2.00 bits per heavy atom. The van der Waals surface area contributed by atoms with Gasteiger partial charge in [0.1, 0.15) is 0 Å². The second-order valence-electron chi connectivity index (χ2n) is 3.65. The first-order chi connectivity index (χ1) is 7.72. The van der Waals surface area contributed by atoms with Gasteiger partial charge in [0.25, 0.3) is 0 Å². The standard InChI is InChI=1S/C13H20O3/c1-4-6-11(14)10-7-8-12(15-3)13(9-10)16-5-2/h7-9,11,14H,4-6H2,1-3H3. The Hall–Kier alpha value is -1.22. The molecule has 0 aliphatic heterocycles. The van der Waals surface area contributed by atoms with Crippen molar-refractivity contribution >= 4 is 0 Å². The molecule has 1 atom stereocenters. The number of hydrogen-bond acceptors (Lipinski definition) is 3. The van der Waals surface area contributed by atoms with Crippen molar-refractivity contribution in [2.45, 2.75) is 32.8 Å². The van der Waals surface area contributed by atoms with Crippen LogP contribution in [-0.2, 0) is 0 Å². The van der Waals surface area contributed by atoms with Crippen LogP contribution in [0.5, 0.6) is 11.5 Å². The van der Waals surface area contributed by atoms with E-state index in [0.29, 0.717) is 18.1 Å². The van der Waals surface area contributed by atoms with E-state index in [1.807, 2.05) is 25.1 Å². The number of rotatable bonds is 6. The summed E-state index contributed by atoms with van der Waals surface area (Å²) in [6, 6.07) is 5.56. The van der Waals surface area contributed by atoms with Gasteiger partial charge in [0.05, 0.1) is 19.8 Å². The Bertz CT molecular complexity index is 323. The topological polar surface area (TPSA) is 38.7 Å². The number of aliphatic hydroxyl groups is 1. The highest BCUT2D eigenvalue weighted by Gasteiger charge is 2.10. The Morgan fingerprint density at radius 1 is 1.25 bits per heavy atom. The van der Waals surface area contributed by atoms with Crippen LogP contribution in [0.25, 0.3) is 0 Å². The predicted molar refractivity (Wildman–Crippen MR) is 64.0 cm³/mol. The summed E-state index contributed by atoms with van der Waals surface area (Å²) in [4.78, 5) is 0. The van der Waals surface area contributed by atoms with Crippen LogP contribution < -0.4 is 9.47 Å². The maximum absolute atomic E-state index is 9.88. The summed E-state index contributed by atoms with van der Waals surface area (Å²) in [5.41, 5.74) is 0.881. The smallest absolute Gasteiger partial charge is 0.161 e. The molecule has 3 nitrogen and oxygen atoms in total. The second kappa shape index (κ2) is 6.38. The third-order valence-corrected chi connectivity index (χ3v) is 2.43. The molecule has 0 aromatic heterocycles. The summed E-state index contributed by atoms with van der Waals surface area (Å²) in [6.45, 7) is 4.56. The molecule has 1 rings (SSSR count). The second-order valence-corrected chi connectivity index (χ2v) is 3.65. The van der Waals surface area contributed by atoms with E-state index in [4.69, 9.17) is 9.47 Å². The van der Waals surface area contributed by atoms with Crippen LogP contribution in [0.2, 0.25) is 0 Å². The number of aliphatic hydroxyl groups excluding tert-OH is 1. The molecule has 0 heterocycles. The lowest BCUT2D eigenvalue weighted by Gasteiger charge is -2.14. The first kappa shape index (κ1) is 12.8. The molecule has 0 aliphatic carbocycles. The van der Waals surface area contributed by atoms with Crippen molar-refractivity contribution in [3.05, 3.63) is 23.8 Å². The van der Waals surface area contributed by atoms with E-state index in [0.717, 1.165) is 18.4 Å². The summed E-state index contributed by atoms with van der Waals surface area (Å²) >= 11 is 0. The highest BCUT2D eigenvalue weighted by molar-refractivity contribution is 5.43. The minimum atomic E-state index is -0.421. The molecular formula is C13H20O3. The summed E-state index contributed by atoms with van der Waals surface area (Å²) in [5, 5.41) is 9.88. The van der Waals surface area contributed by atoms with E-state index in [1.54, 1.807) is 7.11 Å². The Balaban J connectivity index is 2.91. The fourth-order valence-electron chi connectivity index (χ4n) is 1.61. The van der Waals surface area contributed by atoms with Gasteiger partial charge < -0.3 is 14.6 Å². The van der Waals surface area contributed by atoms with Gasteiger partial charge in [-0.3, -0.25) is 0 Å². The largest absolute Gasteiger partial charge is 0.493 e. The van der Waals surface area contributed by atoms with Gasteiger partial charge in [0, 0.05) is 0 Å². The molecule has 0 amide bonds. The van der Waals surface area contributed by atoms with Crippen LogP contribution in [0.15, 0.2) is 18.2 Å². The Morgan fingerprint density at radius 3 is 2.56 bits per heavy atom. The average molecular weight is 224 g/mol. The first-order valence-electron chi connectivity index (χ1n) is 5.71. The molecule has 1 N–H and O–H groups in total. The van der Waals surface area contributed by atoms with Crippen molar-refractivity contribution in [2.24, 2.45) is 0 Å². The van der Waals surface area contributed by atoms with Crippen LogP contribution in [0.4, 0.5) is 0 Å². The maximum atomic E-state index is 9.88. The minimum Gasteiger partial charge on any atom is -0.493 e. The number of hydrogen-bond donors (Lipinski definition) is 1. The third kappa shape index (κ3) is 3.14. The quantitative estimate of drug-likeness (QED) is 0.807. The molecule has 16 heavy (non-hydrogen) atoms. The fraction of sp³-hybridized carbons (Fsp3) is 0.538. The van der Waals surface area contributed by atoms with E-state index in [1.165, 1.54) is 0 Å². The molecule has 90 valence electrons. The molecular weight excluding hydrogens is 204 g/mol. The lowest BCUT2D eigenvalue weighted by Crippen LogP contribution is -2.00. The molecule has 1 aromatic carbocycles. The molecule has 0 spiro atoms. The van der Waals surface area contributed by atoms with Crippen molar-refractivity contribution in [2.75, 3.05) is 13.7 Å². The lowest BCUT2D eigenvalue weighted by atomic mass is 10.0. The predicted octanol–water partition coefficient (Wildman–Crippen LogP) is 2.93. The van der Waals surface area contributed by atoms with Crippen molar-refractivity contribution < 1.29 is 14.6 Å². The summed E-state index contributed by atoms with van der Waals surface area (Å²) in [5.74, 6) is 1.40. The molecule has 1 aromatic rings. The highest BCUT2D eigenvalue weighted by Crippen LogP contribution is 2.31. The Labute approximate surface area is 97.0 Å². The summed E-state index contributed by atoms with van der Waals surface area (Å²) < 4.78 is 10.6. The SMILES string of the molecule is CCCC(O)c1ccc(OC)c(OCC)c1. The Kier molecular flexibility index (Phi) is 5.12. The van der Waals surface area contributed by atoms with E-state index < -0.39 is 6.10 Å². The monoisotopic (exact) mass is 224 g/mol. The van der Waals surface area contributed by atoms with E-state index in [-0.39, 0.29) is 0 Å². The molecule has 1 unspecified atom stereocenters. The van der Waals surface area contributed by atoms with E-state index in [9.17, 15) is 5.11 Å². The molecule has 0 saturated heterocycles. The zero-order valence-electron chi connectivity index (χ0n) is 10.2. The molecule has 0 bridgehead atoms. The average Bonchev–Trinajstić information content (AvgIpc) is 2.29. The van der Waals surface area contributed by atoms with Crippen LogP contribution in [0.3, 0.4) is 0 Å². The lowest BCUT2D eigenvalue weighted by molar-refractivity contribution is 0.165. The third-order valence-electron chi connectivity index (χ3n) is 2.43. The van der Waals surface area contributed by atoms with Gasteiger partial charge in [0.2, 0.25) is 0 Å². The fourth-order valence-corrected chi connectivity index (χ4v) is 1.61. The maximum Gasteiger partial charge on any atom is 0.161 e. The molecule has 0 aliphatic rings. The minimum absolute atomic E-state index is 0.421. The normalized spacial score (nSPS) is 12.2. The van der Waals surface area contributed by atoms with Crippen LogP contribution >= 0.6 is 0 Å². The summed E-state index contributed by atoms with van der Waals surface area (Å²) in [6.07, 6.45) is 1.30. The first-order valence-corrected chi connectivity index (χ1v) is 5.71. The van der Waals surface area contributed by atoms with Gasteiger partial charge in [-0.2, -0.15) is 0 Å². The van der Waals surface area contributed by atoms with Crippen molar-refractivity contribution in [1.82, 2.24) is 0 Å². The van der Waals surface area contributed by atoms with Crippen molar-refractivity contribution in [1.29, 1.82) is 0 Å². The number of benzene rings is 1. The van der Waals surface area contributed by atoms with Gasteiger partial charge in [0.15, 0.2) is 11.5 Å². The van der Waals surface area contributed by atoms with Crippen molar-refractivity contribution in [3.63, 3.8) is 0 Å². The zero-order valence-corrected chi connectivity index (χ0v) is 10.2. The van der Waals surface area contributed by atoms with Crippen molar-refractivity contribution in [3.8, 4) is 11.5 Å². The van der Waals surface area contributed by atoms with Crippen LogP contribution in [-0.4, -0.2) is 18.8 Å². The molecule has 0 saturated carbocycles. The number of methoxy groups -OCH3 is 1. The van der Waals surface area contributed by atoms with Gasteiger partial charge in [-0.1, -0.05) is 19.4 Å². The van der Waals surface area contributed by atoms with Gasteiger partial charge in [-0.15, -0.1) is 0 Å². The molecule has 0 fully saturated rings.